The first-order valence-corrected chi connectivity index (χ1v) is 6.05. The molecule has 5 heteroatoms. The minimum Gasteiger partial charge on any atom is -0.479 e. The van der Waals surface area contributed by atoms with Crippen LogP contribution in [0.15, 0.2) is 18.2 Å². The number of hydrogen-bond donors (Lipinski definition) is 3. The van der Waals surface area contributed by atoms with Crippen LogP contribution in [0.1, 0.15) is 19.4 Å². The summed E-state index contributed by atoms with van der Waals surface area (Å²) in [7, 11) is 0. The van der Waals surface area contributed by atoms with Crippen LogP contribution in [-0.2, 0) is 11.3 Å². The Morgan fingerprint density at radius 2 is 2.33 bits per heavy atom. The van der Waals surface area contributed by atoms with Gasteiger partial charge in [0.1, 0.15) is 5.75 Å². The van der Waals surface area contributed by atoms with E-state index >= 15 is 0 Å². The SMILES string of the molecule is CC(O)CNCc1ccc2c(c1)NC(=O)C(C)O2. The molecule has 0 saturated carbocycles. The van der Waals surface area contributed by atoms with E-state index < -0.39 is 6.10 Å². The fraction of sp³-hybridized carbons (Fsp3) is 0.462. The third-order valence-electron chi connectivity index (χ3n) is 2.74. The number of rotatable bonds is 4. The van der Waals surface area contributed by atoms with Crippen molar-refractivity contribution in [3.05, 3.63) is 23.8 Å². The number of fused-ring (bicyclic) bond motifs is 1. The van der Waals surface area contributed by atoms with Crippen LogP contribution in [-0.4, -0.2) is 29.8 Å². The number of aliphatic hydroxyl groups is 1. The molecule has 1 amide bonds. The first kappa shape index (κ1) is 12.9. The number of carbonyl (C=O) groups excluding carboxylic acids is 1. The van der Waals surface area contributed by atoms with Gasteiger partial charge in [0.15, 0.2) is 6.10 Å². The number of anilines is 1. The van der Waals surface area contributed by atoms with Crippen LogP contribution in [0.2, 0.25) is 0 Å². The molecule has 5 nitrogen and oxygen atoms in total. The van der Waals surface area contributed by atoms with E-state index in [0.29, 0.717) is 24.5 Å². The highest BCUT2D eigenvalue weighted by atomic mass is 16.5. The van der Waals surface area contributed by atoms with Crippen LogP contribution in [0.25, 0.3) is 0 Å². The minimum atomic E-state index is -0.447. The number of hydrogen-bond acceptors (Lipinski definition) is 4. The Kier molecular flexibility index (Phi) is 3.84. The maximum Gasteiger partial charge on any atom is 0.265 e. The largest absolute Gasteiger partial charge is 0.479 e. The lowest BCUT2D eigenvalue weighted by Crippen LogP contribution is -2.34. The molecule has 0 spiro atoms. The average molecular weight is 250 g/mol. The highest BCUT2D eigenvalue weighted by molar-refractivity contribution is 5.97. The summed E-state index contributed by atoms with van der Waals surface area (Å²) in [5.74, 6) is 0.568. The first-order chi connectivity index (χ1) is 8.56. The molecular formula is C13H18N2O3. The average Bonchev–Trinajstić information content (AvgIpc) is 2.30. The maximum absolute atomic E-state index is 11.5. The summed E-state index contributed by atoms with van der Waals surface area (Å²) in [6, 6.07) is 5.68. The molecule has 3 N–H and O–H groups in total. The van der Waals surface area contributed by atoms with E-state index in [1.165, 1.54) is 0 Å². The highest BCUT2D eigenvalue weighted by Gasteiger charge is 2.23. The molecule has 1 aromatic rings. The fourth-order valence-electron chi connectivity index (χ4n) is 1.79. The molecule has 1 aromatic carbocycles. The van der Waals surface area contributed by atoms with Crippen molar-refractivity contribution in [3.8, 4) is 5.75 Å². The second-order valence-electron chi connectivity index (χ2n) is 4.56. The maximum atomic E-state index is 11.5. The molecule has 0 bridgehead atoms. The molecule has 1 heterocycles. The van der Waals surface area contributed by atoms with Crippen LogP contribution in [0.3, 0.4) is 0 Å². The van der Waals surface area contributed by atoms with Gasteiger partial charge in [0.2, 0.25) is 0 Å². The van der Waals surface area contributed by atoms with Gasteiger partial charge in [-0.1, -0.05) is 6.07 Å². The molecule has 0 radical (unpaired) electrons. The summed E-state index contributed by atoms with van der Waals surface area (Å²) >= 11 is 0. The predicted octanol–water partition coefficient (Wildman–Crippen LogP) is 0.876. The lowest BCUT2D eigenvalue weighted by atomic mass is 10.1. The van der Waals surface area contributed by atoms with Crippen LogP contribution in [0, 0.1) is 0 Å². The van der Waals surface area contributed by atoms with Gasteiger partial charge in [-0.2, -0.15) is 0 Å². The summed E-state index contributed by atoms with van der Waals surface area (Å²) in [5, 5.41) is 15.1. The first-order valence-electron chi connectivity index (χ1n) is 6.05. The number of aliphatic hydroxyl groups excluding tert-OH is 1. The van der Waals surface area contributed by atoms with Gasteiger partial charge < -0.3 is 20.5 Å². The zero-order valence-corrected chi connectivity index (χ0v) is 10.6. The Balaban J connectivity index is 2.03. The lowest BCUT2D eigenvalue weighted by molar-refractivity contribution is -0.122. The molecule has 0 fully saturated rings. The van der Waals surface area contributed by atoms with Crippen molar-refractivity contribution in [1.29, 1.82) is 0 Å². The Morgan fingerprint density at radius 1 is 1.56 bits per heavy atom. The summed E-state index contributed by atoms with van der Waals surface area (Å²) in [5.41, 5.74) is 1.74. The molecule has 1 aliphatic heterocycles. The molecule has 98 valence electrons. The van der Waals surface area contributed by atoms with Crippen molar-refractivity contribution in [1.82, 2.24) is 5.32 Å². The van der Waals surface area contributed by atoms with Crippen molar-refractivity contribution in [2.75, 3.05) is 11.9 Å². The van der Waals surface area contributed by atoms with Gasteiger partial charge in [0.05, 0.1) is 11.8 Å². The van der Waals surface area contributed by atoms with Gasteiger partial charge in [-0.3, -0.25) is 4.79 Å². The van der Waals surface area contributed by atoms with Crippen molar-refractivity contribution in [3.63, 3.8) is 0 Å². The Labute approximate surface area is 106 Å². The normalized spacial score (nSPS) is 19.7. The molecule has 0 saturated heterocycles. The van der Waals surface area contributed by atoms with Crippen molar-refractivity contribution in [2.24, 2.45) is 0 Å². The van der Waals surface area contributed by atoms with Crippen LogP contribution >= 0.6 is 0 Å². The van der Waals surface area contributed by atoms with Gasteiger partial charge in [-0.05, 0) is 31.5 Å². The van der Waals surface area contributed by atoms with E-state index in [1.807, 2.05) is 18.2 Å². The van der Waals surface area contributed by atoms with E-state index in [-0.39, 0.29) is 12.0 Å². The molecule has 0 aliphatic carbocycles. The summed E-state index contributed by atoms with van der Waals surface area (Å²) < 4.78 is 5.47. The molecule has 18 heavy (non-hydrogen) atoms. The Morgan fingerprint density at radius 3 is 3.06 bits per heavy atom. The standard InChI is InChI=1S/C13H18N2O3/c1-8(16)6-14-7-10-3-4-12-11(5-10)15-13(17)9(2)18-12/h3-5,8-9,14,16H,6-7H2,1-2H3,(H,15,17). The quantitative estimate of drug-likeness (QED) is 0.742. The topological polar surface area (TPSA) is 70.6 Å². The van der Waals surface area contributed by atoms with Gasteiger partial charge in [-0.15, -0.1) is 0 Å². The molecule has 1 aliphatic rings. The van der Waals surface area contributed by atoms with Crippen LogP contribution < -0.4 is 15.4 Å². The Hall–Kier alpha value is -1.59. The minimum absolute atomic E-state index is 0.128. The highest BCUT2D eigenvalue weighted by Crippen LogP contribution is 2.30. The molecule has 0 aromatic heterocycles. The molecule has 2 atom stereocenters. The van der Waals surface area contributed by atoms with E-state index in [1.54, 1.807) is 13.8 Å². The fourth-order valence-corrected chi connectivity index (χ4v) is 1.79. The predicted molar refractivity (Wildman–Crippen MR) is 68.5 cm³/mol. The second kappa shape index (κ2) is 5.37. The van der Waals surface area contributed by atoms with E-state index in [0.717, 1.165) is 5.56 Å². The smallest absolute Gasteiger partial charge is 0.265 e. The van der Waals surface area contributed by atoms with E-state index in [4.69, 9.17) is 9.84 Å². The van der Waals surface area contributed by atoms with Gasteiger partial charge in [0, 0.05) is 13.1 Å². The molecular weight excluding hydrogens is 232 g/mol. The van der Waals surface area contributed by atoms with Gasteiger partial charge in [0.25, 0.3) is 5.91 Å². The number of carbonyl (C=O) groups is 1. The van der Waals surface area contributed by atoms with Crippen molar-refractivity contribution in [2.45, 2.75) is 32.6 Å². The molecule has 2 unspecified atom stereocenters. The summed E-state index contributed by atoms with van der Waals surface area (Å²) in [4.78, 5) is 11.5. The van der Waals surface area contributed by atoms with E-state index in [9.17, 15) is 4.79 Å². The molecule has 2 rings (SSSR count). The van der Waals surface area contributed by atoms with Crippen molar-refractivity contribution < 1.29 is 14.6 Å². The van der Waals surface area contributed by atoms with Gasteiger partial charge in [-0.25, -0.2) is 0 Å². The monoisotopic (exact) mass is 250 g/mol. The van der Waals surface area contributed by atoms with E-state index in [2.05, 4.69) is 10.6 Å². The Bertz CT molecular complexity index is 446. The van der Waals surface area contributed by atoms with Crippen molar-refractivity contribution >= 4 is 11.6 Å². The summed E-state index contributed by atoms with van der Waals surface area (Å²) in [6.07, 6.45) is -0.816. The number of ether oxygens (including phenoxy) is 1. The lowest BCUT2D eigenvalue weighted by Gasteiger charge is -2.23. The van der Waals surface area contributed by atoms with Crippen LogP contribution in [0.5, 0.6) is 5.75 Å². The number of amides is 1. The summed E-state index contributed by atoms with van der Waals surface area (Å²) in [6.45, 7) is 4.63. The third-order valence-corrected chi connectivity index (χ3v) is 2.74. The van der Waals surface area contributed by atoms with Crippen LogP contribution in [0.4, 0.5) is 5.69 Å². The third kappa shape index (κ3) is 3.00. The zero-order chi connectivity index (χ0) is 13.1. The second-order valence-corrected chi connectivity index (χ2v) is 4.56. The van der Waals surface area contributed by atoms with Gasteiger partial charge >= 0.3 is 0 Å². The number of nitrogens with one attached hydrogen (secondary N) is 2. The number of benzene rings is 1. The zero-order valence-electron chi connectivity index (χ0n) is 10.6.